The van der Waals surface area contributed by atoms with E-state index >= 15 is 0 Å². The summed E-state index contributed by atoms with van der Waals surface area (Å²) in [5.74, 6) is 0.738. The van der Waals surface area contributed by atoms with Crippen LogP contribution in [0.25, 0.3) is 0 Å². The molecule has 140 valence electrons. The topological polar surface area (TPSA) is 67.2 Å². The fraction of sp³-hybridized carbons (Fsp3) is 0.500. The molecule has 0 spiro atoms. The van der Waals surface area contributed by atoms with Crippen LogP contribution in [-0.2, 0) is 6.18 Å². The number of halogens is 3. The van der Waals surface area contributed by atoms with Crippen LogP contribution in [0.4, 0.5) is 24.9 Å². The highest BCUT2D eigenvalue weighted by Gasteiger charge is 2.33. The summed E-state index contributed by atoms with van der Waals surface area (Å²) in [6, 6.07) is 3.95. The van der Waals surface area contributed by atoms with Gasteiger partial charge in [-0.15, -0.1) is 0 Å². The molecule has 0 radical (unpaired) electrons. The number of nitrogens with zero attached hydrogens (tertiary/aromatic N) is 6. The maximum Gasteiger partial charge on any atom is 0.433 e. The maximum atomic E-state index is 12.8. The molecule has 2 aromatic heterocycles. The molecule has 0 aromatic carbocycles. The van der Waals surface area contributed by atoms with E-state index in [1.165, 1.54) is 10.7 Å². The van der Waals surface area contributed by atoms with Crippen LogP contribution in [0.3, 0.4) is 0 Å². The lowest BCUT2D eigenvalue weighted by Gasteiger charge is -2.35. The van der Waals surface area contributed by atoms with Crippen LogP contribution < -0.4 is 15.4 Å². The standard InChI is InChI=1S/C16H19F3N6O/c1-11(2)25-14(26)4-3-13(22-25)23-7-9-24(10-8-23)15-20-6-5-12(21-15)16(17,18)19/h3-6,11H,7-10H2,1-2H3. The fourth-order valence-electron chi connectivity index (χ4n) is 2.75. The van der Waals surface area contributed by atoms with Crippen molar-refractivity contribution in [2.24, 2.45) is 0 Å². The van der Waals surface area contributed by atoms with Crippen molar-refractivity contribution in [3.8, 4) is 0 Å². The van der Waals surface area contributed by atoms with Gasteiger partial charge < -0.3 is 9.80 Å². The Labute approximate surface area is 148 Å². The summed E-state index contributed by atoms with van der Waals surface area (Å²) in [7, 11) is 0. The van der Waals surface area contributed by atoms with Crippen molar-refractivity contribution in [1.29, 1.82) is 0 Å². The maximum absolute atomic E-state index is 12.8. The smallest absolute Gasteiger partial charge is 0.352 e. The molecule has 26 heavy (non-hydrogen) atoms. The minimum Gasteiger partial charge on any atom is -0.352 e. The molecule has 0 atom stereocenters. The molecule has 2 aromatic rings. The third kappa shape index (κ3) is 3.78. The van der Waals surface area contributed by atoms with Crippen molar-refractivity contribution in [1.82, 2.24) is 19.7 Å². The Hall–Kier alpha value is -2.65. The van der Waals surface area contributed by atoms with Crippen molar-refractivity contribution in [3.63, 3.8) is 0 Å². The molecule has 1 aliphatic heterocycles. The third-order valence-corrected chi connectivity index (χ3v) is 4.12. The number of hydrogen-bond donors (Lipinski definition) is 0. The van der Waals surface area contributed by atoms with E-state index in [-0.39, 0.29) is 17.5 Å². The van der Waals surface area contributed by atoms with Crippen molar-refractivity contribution in [3.05, 3.63) is 40.4 Å². The van der Waals surface area contributed by atoms with Gasteiger partial charge in [0.1, 0.15) is 11.5 Å². The summed E-state index contributed by atoms with van der Waals surface area (Å²) in [5, 5.41) is 4.37. The predicted octanol–water partition coefficient (Wildman–Crippen LogP) is 1.96. The Morgan fingerprint density at radius 1 is 1.04 bits per heavy atom. The first-order valence-corrected chi connectivity index (χ1v) is 8.26. The van der Waals surface area contributed by atoms with Crippen LogP contribution in [-0.4, -0.2) is 45.9 Å². The second-order valence-electron chi connectivity index (χ2n) is 6.28. The Morgan fingerprint density at radius 2 is 1.69 bits per heavy atom. The van der Waals surface area contributed by atoms with Gasteiger partial charge in [-0.1, -0.05) is 0 Å². The average Bonchev–Trinajstić information content (AvgIpc) is 2.61. The molecule has 10 heteroatoms. The quantitative estimate of drug-likeness (QED) is 0.825. The Kier molecular flexibility index (Phi) is 4.84. The van der Waals surface area contributed by atoms with Crippen molar-refractivity contribution in [2.75, 3.05) is 36.0 Å². The minimum atomic E-state index is -4.49. The normalized spacial score (nSPS) is 15.6. The SMILES string of the molecule is CC(C)n1nc(N2CCN(c3nccc(C(F)(F)F)n3)CC2)ccc1=O. The van der Waals surface area contributed by atoms with Gasteiger partial charge in [0, 0.05) is 38.4 Å². The second kappa shape index (κ2) is 6.93. The Balaban J connectivity index is 1.72. The molecule has 0 amide bonds. The number of piperazine rings is 1. The molecule has 0 unspecified atom stereocenters. The van der Waals surface area contributed by atoms with Crippen LogP contribution in [0.15, 0.2) is 29.2 Å². The van der Waals surface area contributed by atoms with Gasteiger partial charge in [0.25, 0.3) is 5.56 Å². The number of rotatable bonds is 3. The van der Waals surface area contributed by atoms with E-state index in [1.54, 1.807) is 11.0 Å². The molecule has 1 saturated heterocycles. The van der Waals surface area contributed by atoms with E-state index in [0.717, 1.165) is 12.3 Å². The van der Waals surface area contributed by atoms with Crippen LogP contribution in [0, 0.1) is 0 Å². The molecule has 1 aliphatic rings. The van der Waals surface area contributed by atoms with Gasteiger partial charge in [-0.05, 0) is 26.0 Å². The van der Waals surface area contributed by atoms with Gasteiger partial charge >= 0.3 is 6.18 Å². The highest BCUT2D eigenvalue weighted by Crippen LogP contribution is 2.28. The summed E-state index contributed by atoms with van der Waals surface area (Å²) in [6.07, 6.45) is -3.37. The third-order valence-electron chi connectivity index (χ3n) is 4.12. The highest BCUT2D eigenvalue weighted by molar-refractivity contribution is 5.41. The van der Waals surface area contributed by atoms with Crippen LogP contribution in [0.2, 0.25) is 0 Å². The van der Waals surface area contributed by atoms with Crippen LogP contribution in [0.1, 0.15) is 25.6 Å². The van der Waals surface area contributed by atoms with E-state index in [9.17, 15) is 18.0 Å². The number of aromatic nitrogens is 4. The summed E-state index contributed by atoms with van der Waals surface area (Å²) in [6.45, 7) is 5.77. The lowest BCUT2D eigenvalue weighted by Crippen LogP contribution is -2.48. The van der Waals surface area contributed by atoms with E-state index in [2.05, 4.69) is 15.1 Å². The van der Waals surface area contributed by atoms with E-state index in [4.69, 9.17) is 0 Å². The molecular weight excluding hydrogens is 349 g/mol. The summed E-state index contributed by atoms with van der Waals surface area (Å²) >= 11 is 0. The minimum absolute atomic E-state index is 0.0535. The van der Waals surface area contributed by atoms with Gasteiger partial charge in [-0.25, -0.2) is 14.6 Å². The number of hydrogen-bond acceptors (Lipinski definition) is 6. The molecule has 0 saturated carbocycles. The molecule has 3 heterocycles. The first-order chi connectivity index (χ1) is 12.3. The van der Waals surface area contributed by atoms with E-state index in [0.29, 0.717) is 32.0 Å². The van der Waals surface area contributed by atoms with Gasteiger partial charge in [0.2, 0.25) is 5.95 Å². The molecule has 0 aliphatic carbocycles. The Bertz CT molecular complexity index is 827. The molecule has 0 N–H and O–H groups in total. The monoisotopic (exact) mass is 368 g/mol. The number of anilines is 2. The van der Waals surface area contributed by atoms with Crippen molar-refractivity contribution < 1.29 is 13.2 Å². The molecule has 1 fully saturated rings. The summed E-state index contributed by atoms with van der Waals surface area (Å²) in [5.41, 5.74) is -1.12. The zero-order valence-electron chi connectivity index (χ0n) is 14.4. The first kappa shape index (κ1) is 18.2. The summed E-state index contributed by atoms with van der Waals surface area (Å²) in [4.78, 5) is 23.1. The van der Waals surface area contributed by atoms with Crippen LogP contribution in [0.5, 0.6) is 0 Å². The molecule has 3 rings (SSSR count). The largest absolute Gasteiger partial charge is 0.433 e. The number of alkyl halides is 3. The Morgan fingerprint density at radius 3 is 2.31 bits per heavy atom. The van der Waals surface area contributed by atoms with Gasteiger partial charge in [-0.3, -0.25) is 4.79 Å². The average molecular weight is 368 g/mol. The second-order valence-corrected chi connectivity index (χ2v) is 6.28. The van der Waals surface area contributed by atoms with Crippen molar-refractivity contribution >= 4 is 11.8 Å². The first-order valence-electron chi connectivity index (χ1n) is 8.26. The van der Waals surface area contributed by atoms with Gasteiger partial charge in [-0.2, -0.15) is 18.3 Å². The highest BCUT2D eigenvalue weighted by atomic mass is 19.4. The fourth-order valence-corrected chi connectivity index (χ4v) is 2.75. The lowest BCUT2D eigenvalue weighted by molar-refractivity contribution is -0.141. The van der Waals surface area contributed by atoms with E-state index in [1.807, 2.05) is 18.7 Å². The lowest BCUT2D eigenvalue weighted by atomic mass is 10.3. The van der Waals surface area contributed by atoms with Crippen molar-refractivity contribution in [2.45, 2.75) is 26.1 Å². The molecule has 0 bridgehead atoms. The molecule has 7 nitrogen and oxygen atoms in total. The summed E-state index contributed by atoms with van der Waals surface area (Å²) < 4.78 is 39.8. The zero-order chi connectivity index (χ0) is 18.9. The van der Waals surface area contributed by atoms with E-state index < -0.39 is 11.9 Å². The van der Waals surface area contributed by atoms with Gasteiger partial charge in [0.05, 0.1) is 6.04 Å². The predicted molar refractivity (Wildman–Crippen MR) is 90.3 cm³/mol. The van der Waals surface area contributed by atoms with Crippen LogP contribution >= 0.6 is 0 Å². The molecular formula is C16H19F3N6O. The van der Waals surface area contributed by atoms with Gasteiger partial charge in [0.15, 0.2) is 0 Å². The zero-order valence-corrected chi connectivity index (χ0v) is 14.4.